The number of aryl methyl sites for hydroxylation is 1. The lowest BCUT2D eigenvalue weighted by Crippen LogP contribution is -2.57. The number of ether oxygens (including phenoxy) is 1. The van der Waals surface area contributed by atoms with Crippen LogP contribution in [0.25, 0.3) is 0 Å². The summed E-state index contributed by atoms with van der Waals surface area (Å²) in [5.74, 6) is -0.404. The van der Waals surface area contributed by atoms with Crippen molar-refractivity contribution in [3.05, 3.63) is 57.6 Å². The molecule has 2 aliphatic heterocycles. The van der Waals surface area contributed by atoms with E-state index in [9.17, 15) is 19.5 Å². The molecule has 228 valence electrons. The van der Waals surface area contributed by atoms with Crippen molar-refractivity contribution in [3.8, 4) is 5.75 Å². The molecular weight excluding hydrogens is 577 g/mol. The number of carboxylic acid groups (broad SMARTS) is 1. The Morgan fingerprint density at radius 1 is 1.07 bits per heavy atom. The van der Waals surface area contributed by atoms with E-state index in [-0.39, 0.29) is 17.9 Å². The van der Waals surface area contributed by atoms with Gasteiger partial charge in [0.05, 0.1) is 0 Å². The van der Waals surface area contributed by atoms with Crippen molar-refractivity contribution in [1.82, 2.24) is 9.80 Å². The summed E-state index contributed by atoms with van der Waals surface area (Å²) >= 11 is 12.5. The number of benzene rings is 2. The summed E-state index contributed by atoms with van der Waals surface area (Å²) in [4.78, 5) is 45.0. The molecule has 10 heteroatoms. The van der Waals surface area contributed by atoms with E-state index < -0.39 is 17.1 Å². The standard InChI is InChI=1S/C32H41Cl2N3O5/c1-6-22(7-2)20-36-28(38)32(37(30(36)41)15-12-23-9-10-24(33)18-26(23)34)13-16-35(17-14-32)25-11-8-21(3)27(19-25)42-31(4,5)29(39)40/h8-11,18-19,22H,6-7,12-17,20H2,1-5H3,(H,39,40). The molecule has 0 saturated carbocycles. The van der Waals surface area contributed by atoms with Crippen LogP contribution in [0.5, 0.6) is 5.75 Å². The molecule has 0 aliphatic carbocycles. The summed E-state index contributed by atoms with van der Waals surface area (Å²) in [5.41, 5.74) is 0.300. The van der Waals surface area contributed by atoms with Crippen LogP contribution in [0.1, 0.15) is 64.5 Å². The zero-order valence-corrected chi connectivity index (χ0v) is 26.6. The summed E-state index contributed by atoms with van der Waals surface area (Å²) < 4.78 is 5.87. The van der Waals surface area contributed by atoms with Crippen LogP contribution in [-0.4, -0.2) is 70.1 Å². The Labute approximate surface area is 258 Å². The highest BCUT2D eigenvalue weighted by molar-refractivity contribution is 6.35. The first-order chi connectivity index (χ1) is 19.8. The Balaban J connectivity index is 1.58. The number of piperidine rings is 1. The average molecular weight is 619 g/mol. The maximum atomic E-state index is 14.1. The van der Waals surface area contributed by atoms with Crippen molar-refractivity contribution in [2.75, 3.05) is 31.1 Å². The molecule has 8 nitrogen and oxygen atoms in total. The molecule has 2 heterocycles. The Morgan fingerprint density at radius 3 is 2.33 bits per heavy atom. The van der Waals surface area contributed by atoms with E-state index >= 15 is 0 Å². The van der Waals surface area contributed by atoms with E-state index in [4.69, 9.17) is 27.9 Å². The number of rotatable bonds is 11. The molecule has 0 bridgehead atoms. The first kappa shape index (κ1) is 32.0. The Hall–Kier alpha value is -2.97. The number of carboxylic acids is 1. The van der Waals surface area contributed by atoms with Crippen molar-refractivity contribution in [3.63, 3.8) is 0 Å². The van der Waals surface area contributed by atoms with Crippen LogP contribution in [0.3, 0.4) is 0 Å². The zero-order chi connectivity index (χ0) is 30.8. The van der Waals surface area contributed by atoms with Gasteiger partial charge in [0.25, 0.3) is 5.91 Å². The molecule has 0 atom stereocenters. The van der Waals surface area contributed by atoms with Gasteiger partial charge in [-0.15, -0.1) is 0 Å². The van der Waals surface area contributed by atoms with Gasteiger partial charge < -0.3 is 19.6 Å². The number of imide groups is 1. The van der Waals surface area contributed by atoms with Gasteiger partial charge in [-0.25, -0.2) is 9.59 Å². The number of carbonyl (C=O) groups is 3. The summed E-state index contributed by atoms with van der Waals surface area (Å²) in [6.45, 7) is 11.0. The second-order valence-electron chi connectivity index (χ2n) is 11.9. The molecule has 0 unspecified atom stereocenters. The Kier molecular flexibility index (Phi) is 9.68. The van der Waals surface area contributed by atoms with E-state index in [2.05, 4.69) is 18.7 Å². The van der Waals surface area contributed by atoms with Gasteiger partial charge in [-0.2, -0.15) is 0 Å². The van der Waals surface area contributed by atoms with E-state index in [1.807, 2.05) is 31.2 Å². The summed E-state index contributed by atoms with van der Waals surface area (Å²) in [7, 11) is 0. The smallest absolute Gasteiger partial charge is 0.347 e. The van der Waals surface area contributed by atoms with E-state index in [0.717, 1.165) is 29.7 Å². The topological polar surface area (TPSA) is 90.4 Å². The van der Waals surface area contributed by atoms with Crippen LogP contribution in [0.2, 0.25) is 10.0 Å². The number of halogens is 2. The number of carbonyl (C=O) groups excluding carboxylic acids is 2. The number of anilines is 1. The quantitative estimate of drug-likeness (QED) is 0.278. The number of nitrogens with zero attached hydrogens (tertiary/aromatic N) is 3. The third-order valence-electron chi connectivity index (χ3n) is 8.84. The molecule has 0 aromatic heterocycles. The van der Waals surface area contributed by atoms with Crippen molar-refractivity contribution < 1.29 is 24.2 Å². The van der Waals surface area contributed by atoms with Crippen molar-refractivity contribution in [2.45, 2.75) is 77.9 Å². The SMILES string of the molecule is CCC(CC)CN1C(=O)N(CCc2ccc(Cl)cc2Cl)C2(CCN(c3ccc(C)c(OC(C)(C)C(=O)O)c3)CC2)C1=O. The fourth-order valence-corrected chi connectivity index (χ4v) is 6.35. The lowest BCUT2D eigenvalue weighted by Gasteiger charge is -2.43. The minimum atomic E-state index is -1.38. The van der Waals surface area contributed by atoms with Crippen LogP contribution in [0.4, 0.5) is 10.5 Å². The third-order valence-corrected chi connectivity index (χ3v) is 9.43. The Morgan fingerprint density at radius 2 is 1.74 bits per heavy atom. The molecule has 3 amide bonds. The predicted molar refractivity (Wildman–Crippen MR) is 166 cm³/mol. The third kappa shape index (κ3) is 6.35. The molecule has 2 saturated heterocycles. The molecule has 1 N–H and O–H groups in total. The first-order valence-electron chi connectivity index (χ1n) is 14.7. The molecule has 1 spiro atoms. The highest BCUT2D eigenvalue weighted by Gasteiger charge is 2.57. The molecule has 2 aromatic carbocycles. The van der Waals surface area contributed by atoms with E-state index in [1.54, 1.807) is 17.0 Å². The minimum absolute atomic E-state index is 0.114. The average Bonchev–Trinajstić information content (AvgIpc) is 3.13. The molecule has 4 rings (SSSR count). The maximum absolute atomic E-state index is 14.1. The number of hydrogen-bond acceptors (Lipinski definition) is 5. The van der Waals surface area contributed by atoms with Crippen LogP contribution < -0.4 is 9.64 Å². The van der Waals surface area contributed by atoms with Crippen LogP contribution in [0, 0.1) is 12.8 Å². The summed E-state index contributed by atoms with van der Waals surface area (Å²) in [6, 6.07) is 10.9. The number of hydrogen-bond donors (Lipinski definition) is 1. The monoisotopic (exact) mass is 617 g/mol. The lowest BCUT2D eigenvalue weighted by molar-refractivity contribution is -0.152. The number of amides is 3. The normalized spacial score (nSPS) is 17.1. The highest BCUT2D eigenvalue weighted by Crippen LogP contribution is 2.40. The number of aliphatic carboxylic acids is 1. The highest BCUT2D eigenvalue weighted by atomic mass is 35.5. The fourth-order valence-electron chi connectivity index (χ4n) is 5.85. The zero-order valence-electron chi connectivity index (χ0n) is 25.1. The van der Waals surface area contributed by atoms with Gasteiger partial charge >= 0.3 is 12.0 Å². The fraction of sp³-hybridized carbons (Fsp3) is 0.531. The van der Waals surface area contributed by atoms with Gasteiger partial charge in [0.1, 0.15) is 11.3 Å². The molecule has 0 radical (unpaired) electrons. The molecule has 2 fully saturated rings. The van der Waals surface area contributed by atoms with Crippen LogP contribution in [0.15, 0.2) is 36.4 Å². The molecule has 2 aliphatic rings. The van der Waals surface area contributed by atoms with E-state index in [1.165, 1.54) is 18.7 Å². The van der Waals surface area contributed by atoms with Gasteiger partial charge in [0.2, 0.25) is 0 Å². The van der Waals surface area contributed by atoms with Gasteiger partial charge in [-0.1, -0.05) is 62.0 Å². The Bertz CT molecular complexity index is 1340. The lowest BCUT2D eigenvalue weighted by atomic mass is 9.85. The maximum Gasteiger partial charge on any atom is 0.347 e. The largest absolute Gasteiger partial charge is 0.478 e. The molecule has 42 heavy (non-hydrogen) atoms. The minimum Gasteiger partial charge on any atom is -0.478 e. The van der Waals surface area contributed by atoms with Crippen LogP contribution >= 0.6 is 23.2 Å². The molecular formula is C32H41Cl2N3O5. The van der Waals surface area contributed by atoms with E-state index in [0.29, 0.717) is 61.2 Å². The predicted octanol–water partition coefficient (Wildman–Crippen LogP) is 6.83. The van der Waals surface area contributed by atoms with Crippen molar-refractivity contribution in [2.24, 2.45) is 5.92 Å². The second-order valence-corrected chi connectivity index (χ2v) is 12.7. The second kappa shape index (κ2) is 12.7. The first-order valence-corrected chi connectivity index (χ1v) is 15.4. The van der Waals surface area contributed by atoms with Gasteiger partial charge in [0.15, 0.2) is 5.60 Å². The van der Waals surface area contributed by atoms with Crippen molar-refractivity contribution >= 4 is 46.8 Å². The summed E-state index contributed by atoms with van der Waals surface area (Å²) in [6.07, 6.45) is 3.26. The van der Waals surface area contributed by atoms with Crippen molar-refractivity contribution in [1.29, 1.82) is 0 Å². The summed E-state index contributed by atoms with van der Waals surface area (Å²) in [5, 5.41) is 10.6. The number of urea groups is 1. The van der Waals surface area contributed by atoms with Crippen LogP contribution in [-0.2, 0) is 16.0 Å². The van der Waals surface area contributed by atoms with Gasteiger partial charge in [-0.3, -0.25) is 9.69 Å². The van der Waals surface area contributed by atoms with Gasteiger partial charge in [-0.05, 0) is 75.3 Å². The van der Waals surface area contributed by atoms with Gasteiger partial charge in [0, 0.05) is 48.0 Å². The molecule has 2 aromatic rings.